The number of nitrogens with zero attached hydrogens (tertiary/aromatic N) is 2. The third kappa shape index (κ3) is 5.36. The lowest BCUT2D eigenvalue weighted by molar-refractivity contribution is -0.119. The van der Waals surface area contributed by atoms with Gasteiger partial charge in [0.05, 0.1) is 18.4 Å². The van der Waals surface area contributed by atoms with E-state index >= 15 is 0 Å². The third-order valence-electron chi connectivity index (χ3n) is 4.96. The van der Waals surface area contributed by atoms with Gasteiger partial charge in [-0.1, -0.05) is 59.9 Å². The molecule has 1 heterocycles. The van der Waals surface area contributed by atoms with Crippen molar-refractivity contribution in [2.45, 2.75) is 13.2 Å². The number of para-hydroxylation sites is 1. The highest BCUT2D eigenvalue weighted by atomic mass is 32.1. The number of rotatable bonds is 9. The molecule has 0 fully saturated rings. The first-order valence-electron chi connectivity index (χ1n) is 10.3. The van der Waals surface area contributed by atoms with E-state index in [0.29, 0.717) is 13.2 Å². The number of carbonyl (C=O) groups is 1. The van der Waals surface area contributed by atoms with Gasteiger partial charge in [0.25, 0.3) is 0 Å². The Kier molecular flexibility index (Phi) is 6.87. The molecule has 0 radical (unpaired) electrons. The molecular formula is C25H25N3O3S. The molecule has 4 rings (SSSR count). The normalized spacial score (nSPS) is 10.7. The monoisotopic (exact) mass is 447 g/mol. The van der Waals surface area contributed by atoms with Gasteiger partial charge in [-0.3, -0.25) is 4.79 Å². The van der Waals surface area contributed by atoms with Crippen LogP contribution in [0, 0.1) is 0 Å². The first kappa shape index (κ1) is 21.6. The van der Waals surface area contributed by atoms with Crippen molar-refractivity contribution in [2.24, 2.45) is 0 Å². The Labute approximate surface area is 191 Å². The number of nitrogens with one attached hydrogen (secondary N) is 1. The molecule has 6 nitrogen and oxygen atoms in total. The molecule has 0 bridgehead atoms. The van der Waals surface area contributed by atoms with Gasteiger partial charge < -0.3 is 19.7 Å². The summed E-state index contributed by atoms with van der Waals surface area (Å²) < 4.78 is 12.2. The zero-order chi connectivity index (χ0) is 22.3. The number of anilines is 1. The summed E-state index contributed by atoms with van der Waals surface area (Å²) in [7, 11) is 3.50. The Bertz CT molecular complexity index is 1180. The van der Waals surface area contributed by atoms with E-state index in [1.165, 1.54) is 11.3 Å². The van der Waals surface area contributed by atoms with Crippen LogP contribution >= 0.6 is 11.3 Å². The van der Waals surface area contributed by atoms with Gasteiger partial charge in [-0.15, -0.1) is 0 Å². The number of fused-ring (bicyclic) bond motifs is 1. The van der Waals surface area contributed by atoms with Gasteiger partial charge in [0.2, 0.25) is 5.91 Å². The van der Waals surface area contributed by atoms with E-state index < -0.39 is 0 Å². The number of carbonyl (C=O) groups excluding carboxylic acids is 1. The van der Waals surface area contributed by atoms with Crippen LogP contribution in [0.2, 0.25) is 0 Å². The Morgan fingerprint density at radius 3 is 2.53 bits per heavy atom. The standard InChI is InChI=1S/C25H25N3O3S/c1-28(25-27-24-21(30-2)9-6-10-22(24)32-25)16-23(29)26-15-18-11-13-20(14-12-18)31-17-19-7-4-3-5-8-19/h3-14H,15-17H2,1-2H3,(H,26,29). The predicted octanol–water partition coefficient (Wildman–Crippen LogP) is 4.64. The SMILES string of the molecule is COc1cccc2sc(N(C)CC(=O)NCc3ccc(OCc4ccccc4)cc3)nc12. The van der Waals surface area contributed by atoms with Crippen LogP contribution in [0.1, 0.15) is 11.1 Å². The highest BCUT2D eigenvalue weighted by molar-refractivity contribution is 7.22. The first-order valence-corrected chi connectivity index (χ1v) is 11.1. The van der Waals surface area contributed by atoms with Crippen molar-refractivity contribution in [1.29, 1.82) is 0 Å². The van der Waals surface area contributed by atoms with Crippen LogP contribution in [0.15, 0.2) is 72.8 Å². The maximum absolute atomic E-state index is 12.4. The lowest BCUT2D eigenvalue weighted by Gasteiger charge is -2.15. The van der Waals surface area contributed by atoms with Gasteiger partial charge in [0, 0.05) is 13.6 Å². The molecule has 0 saturated carbocycles. The minimum atomic E-state index is -0.0666. The maximum Gasteiger partial charge on any atom is 0.239 e. The second-order valence-electron chi connectivity index (χ2n) is 7.35. The second-order valence-corrected chi connectivity index (χ2v) is 8.36. The summed E-state index contributed by atoms with van der Waals surface area (Å²) in [6, 6.07) is 23.6. The van der Waals surface area contributed by atoms with E-state index in [1.54, 1.807) is 7.11 Å². The lowest BCUT2D eigenvalue weighted by atomic mass is 10.2. The highest BCUT2D eigenvalue weighted by Gasteiger charge is 2.14. The zero-order valence-corrected chi connectivity index (χ0v) is 18.9. The molecule has 4 aromatic rings. The number of methoxy groups -OCH3 is 1. The van der Waals surface area contributed by atoms with Gasteiger partial charge in [0.1, 0.15) is 23.6 Å². The molecule has 1 N–H and O–H groups in total. The summed E-state index contributed by atoms with van der Waals surface area (Å²) in [5.74, 6) is 1.47. The molecule has 1 aromatic heterocycles. The number of likely N-dealkylation sites (N-methyl/N-ethyl adjacent to an activating group) is 1. The van der Waals surface area contributed by atoms with Crippen molar-refractivity contribution in [2.75, 3.05) is 25.6 Å². The largest absolute Gasteiger partial charge is 0.494 e. The fraction of sp³-hybridized carbons (Fsp3) is 0.200. The van der Waals surface area contributed by atoms with Crippen LogP contribution in [0.5, 0.6) is 11.5 Å². The molecular weight excluding hydrogens is 422 g/mol. The lowest BCUT2D eigenvalue weighted by Crippen LogP contribution is -2.34. The molecule has 0 aliphatic rings. The Morgan fingerprint density at radius 1 is 1.00 bits per heavy atom. The minimum absolute atomic E-state index is 0.0666. The van der Waals surface area contributed by atoms with E-state index in [9.17, 15) is 4.79 Å². The summed E-state index contributed by atoms with van der Waals surface area (Å²) in [4.78, 5) is 18.9. The average molecular weight is 448 g/mol. The van der Waals surface area contributed by atoms with Gasteiger partial charge in [0.15, 0.2) is 5.13 Å². The van der Waals surface area contributed by atoms with E-state index in [1.807, 2.05) is 84.7 Å². The van der Waals surface area contributed by atoms with Crippen LogP contribution in [-0.4, -0.2) is 31.6 Å². The number of hydrogen-bond acceptors (Lipinski definition) is 6. The van der Waals surface area contributed by atoms with Gasteiger partial charge in [-0.2, -0.15) is 0 Å². The number of ether oxygens (including phenoxy) is 2. The van der Waals surface area contributed by atoms with Crippen molar-refractivity contribution in [3.05, 3.63) is 83.9 Å². The molecule has 0 unspecified atom stereocenters. The molecule has 0 spiro atoms. The van der Waals surface area contributed by atoms with E-state index in [2.05, 4.69) is 10.3 Å². The summed E-state index contributed by atoms with van der Waals surface area (Å²) in [6.45, 7) is 1.21. The van der Waals surface area contributed by atoms with Crippen molar-refractivity contribution in [3.8, 4) is 11.5 Å². The van der Waals surface area contributed by atoms with Crippen LogP contribution in [0.4, 0.5) is 5.13 Å². The quantitative estimate of drug-likeness (QED) is 0.405. The third-order valence-corrected chi connectivity index (χ3v) is 6.09. The fourth-order valence-electron chi connectivity index (χ4n) is 3.22. The number of thiazole rings is 1. The summed E-state index contributed by atoms with van der Waals surface area (Å²) >= 11 is 1.54. The number of aromatic nitrogens is 1. The molecule has 3 aromatic carbocycles. The van der Waals surface area contributed by atoms with Crippen molar-refractivity contribution < 1.29 is 14.3 Å². The topological polar surface area (TPSA) is 63.7 Å². The molecule has 7 heteroatoms. The van der Waals surface area contributed by atoms with Crippen molar-refractivity contribution in [1.82, 2.24) is 10.3 Å². The molecule has 164 valence electrons. The second kappa shape index (κ2) is 10.2. The van der Waals surface area contributed by atoms with E-state index in [4.69, 9.17) is 9.47 Å². The minimum Gasteiger partial charge on any atom is -0.494 e. The first-order chi connectivity index (χ1) is 15.6. The molecule has 1 amide bonds. The van der Waals surface area contributed by atoms with Crippen molar-refractivity contribution in [3.63, 3.8) is 0 Å². The van der Waals surface area contributed by atoms with Crippen LogP contribution < -0.4 is 19.7 Å². The number of amides is 1. The number of benzene rings is 3. The highest BCUT2D eigenvalue weighted by Crippen LogP contribution is 2.33. The van der Waals surface area contributed by atoms with Gasteiger partial charge >= 0.3 is 0 Å². The smallest absolute Gasteiger partial charge is 0.239 e. The predicted molar refractivity (Wildman–Crippen MR) is 129 cm³/mol. The molecule has 0 saturated heterocycles. The average Bonchev–Trinajstić information content (AvgIpc) is 3.27. The number of hydrogen-bond donors (Lipinski definition) is 1. The fourth-order valence-corrected chi connectivity index (χ4v) is 4.17. The van der Waals surface area contributed by atoms with Crippen LogP contribution in [0.25, 0.3) is 10.2 Å². The van der Waals surface area contributed by atoms with Crippen LogP contribution in [0.3, 0.4) is 0 Å². The molecule has 0 aliphatic heterocycles. The van der Waals surface area contributed by atoms with E-state index in [0.717, 1.165) is 38.0 Å². The Balaban J connectivity index is 1.27. The van der Waals surface area contributed by atoms with Crippen molar-refractivity contribution >= 4 is 32.6 Å². The zero-order valence-electron chi connectivity index (χ0n) is 18.1. The van der Waals surface area contributed by atoms with Gasteiger partial charge in [-0.25, -0.2) is 4.98 Å². The van der Waals surface area contributed by atoms with Crippen LogP contribution in [-0.2, 0) is 17.9 Å². The summed E-state index contributed by atoms with van der Waals surface area (Å²) in [5, 5.41) is 3.74. The summed E-state index contributed by atoms with van der Waals surface area (Å²) in [6.07, 6.45) is 0. The molecule has 32 heavy (non-hydrogen) atoms. The maximum atomic E-state index is 12.4. The van der Waals surface area contributed by atoms with E-state index in [-0.39, 0.29) is 12.5 Å². The Morgan fingerprint density at radius 2 is 1.78 bits per heavy atom. The molecule has 0 atom stereocenters. The molecule has 0 aliphatic carbocycles. The van der Waals surface area contributed by atoms with Gasteiger partial charge in [-0.05, 0) is 35.4 Å². The summed E-state index contributed by atoms with van der Waals surface area (Å²) in [5.41, 5.74) is 2.95. The Hall–Kier alpha value is -3.58.